The lowest BCUT2D eigenvalue weighted by Crippen LogP contribution is -2.17. The monoisotopic (exact) mass is 232 g/mol. The van der Waals surface area contributed by atoms with Crippen molar-refractivity contribution in [3.8, 4) is 5.75 Å². The van der Waals surface area contributed by atoms with Gasteiger partial charge in [0.15, 0.2) is 5.78 Å². The maximum atomic E-state index is 12.2. The van der Waals surface area contributed by atoms with Gasteiger partial charge in [0, 0.05) is 17.5 Å². The Kier molecular flexibility index (Phi) is 3.23. The number of methoxy groups -OCH3 is 1. The van der Waals surface area contributed by atoms with Crippen molar-refractivity contribution in [1.82, 2.24) is 0 Å². The van der Waals surface area contributed by atoms with Crippen molar-refractivity contribution in [2.24, 2.45) is 0 Å². The number of Topliss-reactive ketones (excluding diaryl/α,β-unsaturated/α-hetero) is 1. The van der Waals surface area contributed by atoms with Gasteiger partial charge in [-0.05, 0) is 42.9 Å². The first-order valence-electron chi connectivity index (χ1n) is 6.29. The van der Waals surface area contributed by atoms with Crippen LogP contribution in [0.3, 0.4) is 0 Å². The number of benzene rings is 1. The number of hydrogen-bond donors (Lipinski definition) is 0. The Balaban J connectivity index is 2.74. The third-order valence-corrected chi connectivity index (χ3v) is 3.57. The highest BCUT2D eigenvalue weighted by Crippen LogP contribution is 2.37. The summed E-state index contributed by atoms with van der Waals surface area (Å²) in [7, 11) is 1.68. The van der Waals surface area contributed by atoms with Crippen LogP contribution < -0.4 is 4.74 Å². The van der Waals surface area contributed by atoms with Crippen LogP contribution in [0.1, 0.15) is 59.7 Å². The smallest absolute Gasteiger partial charge is 0.163 e. The molecule has 1 aliphatic rings. The van der Waals surface area contributed by atoms with Crippen molar-refractivity contribution in [1.29, 1.82) is 0 Å². The van der Waals surface area contributed by atoms with Crippen LogP contribution in [0.25, 0.3) is 0 Å². The summed E-state index contributed by atoms with van der Waals surface area (Å²) < 4.78 is 5.45. The molecule has 0 atom stereocenters. The van der Waals surface area contributed by atoms with Crippen molar-refractivity contribution < 1.29 is 9.53 Å². The zero-order valence-electron chi connectivity index (χ0n) is 11.1. The number of ketones is 1. The average molecular weight is 232 g/mol. The molecule has 92 valence electrons. The fourth-order valence-corrected chi connectivity index (χ4v) is 2.78. The lowest BCUT2D eigenvalue weighted by atomic mass is 9.81. The van der Waals surface area contributed by atoms with Gasteiger partial charge in [0.2, 0.25) is 0 Å². The van der Waals surface area contributed by atoms with Crippen LogP contribution in [0.15, 0.2) is 6.07 Å². The first-order valence-corrected chi connectivity index (χ1v) is 6.29. The summed E-state index contributed by atoms with van der Waals surface area (Å²) in [5, 5.41) is 0. The number of rotatable bonds is 2. The number of ether oxygens (including phenoxy) is 1. The number of aryl methyl sites for hydroxylation is 1. The molecule has 1 aliphatic carbocycles. The predicted octanol–water partition coefficient (Wildman–Crippen LogP) is 3.65. The van der Waals surface area contributed by atoms with E-state index in [1.54, 1.807) is 7.11 Å². The lowest BCUT2D eigenvalue weighted by molar-refractivity contribution is 0.0970. The van der Waals surface area contributed by atoms with Gasteiger partial charge < -0.3 is 4.74 Å². The molecule has 0 fully saturated rings. The zero-order valence-corrected chi connectivity index (χ0v) is 11.1. The molecule has 0 saturated heterocycles. The molecule has 2 rings (SSSR count). The highest BCUT2D eigenvalue weighted by molar-refractivity contribution is 6.01. The first-order chi connectivity index (χ1) is 8.06. The third kappa shape index (κ3) is 1.97. The lowest BCUT2D eigenvalue weighted by Gasteiger charge is -2.24. The quantitative estimate of drug-likeness (QED) is 0.778. The number of hydrogen-bond acceptors (Lipinski definition) is 2. The fourth-order valence-electron chi connectivity index (χ4n) is 2.78. The summed E-state index contributed by atoms with van der Waals surface area (Å²) in [4.78, 5) is 12.2. The molecule has 0 aliphatic heterocycles. The van der Waals surface area contributed by atoms with Crippen LogP contribution in [0.5, 0.6) is 5.75 Å². The summed E-state index contributed by atoms with van der Waals surface area (Å²) in [6.45, 7) is 6.31. The van der Waals surface area contributed by atoms with Gasteiger partial charge in [0.05, 0.1) is 7.11 Å². The minimum Gasteiger partial charge on any atom is -0.496 e. The van der Waals surface area contributed by atoms with E-state index in [9.17, 15) is 4.79 Å². The minimum absolute atomic E-state index is 0.289. The Morgan fingerprint density at radius 1 is 1.29 bits per heavy atom. The minimum atomic E-state index is 0.289. The van der Waals surface area contributed by atoms with Gasteiger partial charge in [0.25, 0.3) is 0 Å². The molecule has 0 N–H and O–H groups in total. The summed E-state index contributed by atoms with van der Waals surface area (Å²) in [6.07, 6.45) is 2.69. The van der Waals surface area contributed by atoms with Crippen molar-refractivity contribution >= 4 is 5.78 Å². The van der Waals surface area contributed by atoms with E-state index in [0.717, 1.165) is 29.7 Å². The molecular formula is C15H20O2. The van der Waals surface area contributed by atoms with E-state index in [1.165, 1.54) is 11.1 Å². The van der Waals surface area contributed by atoms with Gasteiger partial charge in [0.1, 0.15) is 5.75 Å². The Labute approximate surface area is 103 Å². The highest BCUT2D eigenvalue weighted by Gasteiger charge is 2.26. The Hall–Kier alpha value is -1.31. The number of fused-ring (bicyclic) bond motifs is 1. The summed E-state index contributed by atoms with van der Waals surface area (Å²) in [5.41, 5.74) is 4.47. The maximum Gasteiger partial charge on any atom is 0.163 e. The van der Waals surface area contributed by atoms with E-state index in [0.29, 0.717) is 12.3 Å². The topological polar surface area (TPSA) is 26.3 Å². The largest absolute Gasteiger partial charge is 0.496 e. The second-order valence-corrected chi connectivity index (χ2v) is 5.09. The van der Waals surface area contributed by atoms with Gasteiger partial charge in [-0.1, -0.05) is 13.8 Å². The van der Waals surface area contributed by atoms with Crippen molar-refractivity contribution in [3.63, 3.8) is 0 Å². The van der Waals surface area contributed by atoms with E-state index in [-0.39, 0.29) is 5.78 Å². The van der Waals surface area contributed by atoms with Crippen LogP contribution in [-0.2, 0) is 6.42 Å². The molecule has 2 heteroatoms. The van der Waals surface area contributed by atoms with Gasteiger partial charge >= 0.3 is 0 Å². The third-order valence-electron chi connectivity index (χ3n) is 3.57. The Morgan fingerprint density at radius 3 is 2.59 bits per heavy atom. The normalized spacial score (nSPS) is 15.0. The van der Waals surface area contributed by atoms with Crippen LogP contribution in [0, 0.1) is 6.92 Å². The van der Waals surface area contributed by atoms with Gasteiger partial charge in [-0.15, -0.1) is 0 Å². The standard InChI is InChI=1S/C15H20O2/c1-9(2)14-13(17-4)8-10(3)11-6-5-7-12(16)15(11)14/h8-9H,5-7H2,1-4H3. The van der Waals surface area contributed by atoms with E-state index in [4.69, 9.17) is 4.74 Å². The number of carbonyl (C=O) groups excluding carboxylic acids is 1. The molecule has 0 spiro atoms. The van der Waals surface area contributed by atoms with Gasteiger partial charge in [-0.2, -0.15) is 0 Å². The molecule has 2 nitrogen and oxygen atoms in total. The molecule has 0 aromatic heterocycles. The number of carbonyl (C=O) groups is 1. The molecular weight excluding hydrogens is 212 g/mol. The molecule has 0 bridgehead atoms. The molecule has 0 radical (unpaired) electrons. The molecule has 0 amide bonds. The van der Waals surface area contributed by atoms with Crippen LogP contribution in [-0.4, -0.2) is 12.9 Å². The van der Waals surface area contributed by atoms with Crippen LogP contribution in [0.4, 0.5) is 0 Å². The van der Waals surface area contributed by atoms with Crippen molar-refractivity contribution in [2.45, 2.75) is 46.0 Å². The zero-order chi connectivity index (χ0) is 12.6. The molecule has 17 heavy (non-hydrogen) atoms. The molecule has 0 unspecified atom stereocenters. The summed E-state index contributed by atoms with van der Waals surface area (Å²) in [5.74, 6) is 1.48. The van der Waals surface area contributed by atoms with Gasteiger partial charge in [-0.25, -0.2) is 0 Å². The molecule has 1 aromatic carbocycles. The second-order valence-electron chi connectivity index (χ2n) is 5.09. The predicted molar refractivity (Wildman–Crippen MR) is 69.1 cm³/mol. The fraction of sp³-hybridized carbons (Fsp3) is 0.533. The van der Waals surface area contributed by atoms with Gasteiger partial charge in [-0.3, -0.25) is 4.79 Å². The summed E-state index contributed by atoms with van der Waals surface area (Å²) >= 11 is 0. The van der Waals surface area contributed by atoms with E-state index >= 15 is 0 Å². The average Bonchev–Trinajstić information content (AvgIpc) is 2.29. The second kappa shape index (κ2) is 4.52. The maximum absolute atomic E-state index is 12.2. The Bertz CT molecular complexity index is 458. The van der Waals surface area contributed by atoms with E-state index in [2.05, 4.69) is 26.8 Å². The molecule has 0 saturated carbocycles. The molecule has 1 aromatic rings. The van der Waals surface area contributed by atoms with Crippen molar-refractivity contribution in [3.05, 3.63) is 28.3 Å². The first kappa shape index (κ1) is 12.2. The van der Waals surface area contributed by atoms with Crippen LogP contribution >= 0.6 is 0 Å². The Morgan fingerprint density at radius 2 is 2.00 bits per heavy atom. The summed E-state index contributed by atoms with van der Waals surface area (Å²) in [6, 6.07) is 2.08. The SMILES string of the molecule is COc1cc(C)c2c(c1C(C)C)C(=O)CCC2. The molecule has 0 heterocycles. The van der Waals surface area contributed by atoms with Crippen molar-refractivity contribution in [2.75, 3.05) is 7.11 Å². The van der Waals surface area contributed by atoms with E-state index in [1.807, 2.05) is 0 Å². The highest BCUT2D eigenvalue weighted by atomic mass is 16.5. The van der Waals surface area contributed by atoms with Crippen LogP contribution in [0.2, 0.25) is 0 Å². The van der Waals surface area contributed by atoms with E-state index < -0.39 is 0 Å².